The molecule has 0 amide bonds. The number of hydrogen-bond acceptors (Lipinski definition) is 3. The summed E-state index contributed by atoms with van der Waals surface area (Å²) in [5.74, 6) is 0.576. The molecule has 3 nitrogen and oxygen atoms in total. The normalized spacial score (nSPS) is 10.9. The molecular formula is C20H12Cl2FN3. The van der Waals surface area contributed by atoms with Crippen molar-refractivity contribution in [1.82, 2.24) is 9.97 Å². The highest BCUT2D eigenvalue weighted by atomic mass is 35.5. The van der Waals surface area contributed by atoms with E-state index in [0.717, 1.165) is 10.9 Å². The summed E-state index contributed by atoms with van der Waals surface area (Å²) in [6.07, 6.45) is 0. The number of benzene rings is 3. The summed E-state index contributed by atoms with van der Waals surface area (Å²) in [5, 5.41) is 4.82. The van der Waals surface area contributed by atoms with Crippen LogP contribution < -0.4 is 5.32 Å². The molecule has 0 saturated carbocycles. The van der Waals surface area contributed by atoms with Crippen molar-refractivity contribution < 1.29 is 4.39 Å². The zero-order valence-electron chi connectivity index (χ0n) is 13.4. The molecule has 1 aromatic heterocycles. The first kappa shape index (κ1) is 16.8. The maximum Gasteiger partial charge on any atom is 0.163 e. The van der Waals surface area contributed by atoms with Crippen LogP contribution >= 0.6 is 23.2 Å². The lowest BCUT2D eigenvalue weighted by Gasteiger charge is -2.12. The molecular weight excluding hydrogens is 372 g/mol. The highest BCUT2D eigenvalue weighted by Crippen LogP contribution is 2.32. The van der Waals surface area contributed by atoms with Gasteiger partial charge in [-0.25, -0.2) is 14.4 Å². The second kappa shape index (κ2) is 6.90. The molecule has 128 valence electrons. The van der Waals surface area contributed by atoms with E-state index in [2.05, 4.69) is 15.3 Å². The third-order valence-corrected chi connectivity index (χ3v) is 4.45. The molecule has 1 N–H and O–H groups in total. The average molecular weight is 384 g/mol. The van der Waals surface area contributed by atoms with E-state index in [1.54, 1.807) is 36.4 Å². The monoisotopic (exact) mass is 383 g/mol. The van der Waals surface area contributed by atoms with Crippen LogP contribution in [0, 0.1) is 5.82 Å². The molecule has 0 aliphatic carbocycles. The summed E-state index contributed by atoms with van der Waals surface area (Å²) in [6, 6.07) is 19.1. The third-order valence-electron chi connectivity index (χ3n) is 3.90. The molecule has 0 spiro atoms. The first-order chi connectivity index (χ1) is 12.6. The van der Waals surface area contributed by atoms with Gasteiger partial charge in [0.25, 0.3) is 0 Å². The second-order valence-electron chi connectivity index (χ2n) is 5.64. The summed E-state index contributed by atoms with van der Waals surface area (Å²) >= 11 is 12.3. The molecule has 0 bridgehead atoms. The standard InChI is InChI=1S/C20H12Cl2FN3/c21-12-9-10-13(15(22)11-12)19-24-17-7-3-1-5-14(17)20(26-19)25-18-8-4-2-6-16(18)23/h1-11H,(H,24,25,26). The van der Waals surface area contributed by atoms with E-state index in [1.165, 1.54) is 6.07 Å². The van der Waals surface area contributed by atoms with Crippen LogP contribution in [0.5, 0.6) is 0 Å². The van der Waals surface area contributed by atoms with Gasteiger partial charge in [-0.05, 0) is 42.5 Å². The molecule has 4 rings (SSSR count). The Hall–Kier alpha value is -2.69. The average Bonchev–Trinajstić information content (AvgIpc) is 2.63. The highest BCUT2D eigenvalue weighted by Gasteiger charge is 2.13. The lowest BCUT2D eigenvalue weighted by atomic mass is 10.1. The molecule has 4 aromatic rings. The molecule has 26 heavy (non-hydrogen) atoms. The SMILES string of the molecule is Fc1ccccc1Nc1nc(-c2ccc(Cl)cc2Cl)nc2ccccc12. The van der Waals surface area contributed by atoms with Gasteiger partial charge in [0.2, 0.25) is 0 Å². The summed E-state index contributed by atoms with van der Waals surface area (Å²) < 4.78 is 14.1. The Morgan fingerprint density at radius 3 is 2.42 bits per heavy atom. The van der Waals surface area contributed by atoms with Gasteiger partial charge >= 0.3 is 0 Å². The summed E-state index contributed by atoms with van der Waals surface area (Å²) in [7, 11) is 0. The molecule has 6 heteroatoms. The predicted molar refractivity (Wildman–Crippen MR) is 105 cm³/mol. The van der Waals surface area contributed by atoms with Gasteiger partial charge in [-0.2, -0.15) is 0 Å². The zero-order chi connectivity index (χ0) is 18.1. The molecule has 0 aliphatic rings. The predicted octanol–water partition coefficient (Wildman–Crippen LogP) is 6.49. The molecule has 0 unspecified atom stereocenters. The van der Waals surface area contributed by atoms with Crippen molar-refractivity contribution in [1.29, 1.82) is 0 Å². The maximum atomic E-state index is 14.1. The van der Waals surface area contributed by atoms with Crippen LogP contribution in [0.2, 0.25) is 10.0 Å². The lowest BCUT2D eigenvalue weighted by Crippen LogP contribution is -2.01. The van der Waals surface area contributed by atoms with Crippen LogP contribution in [0.1, 0.15) is 0 Å². The molecule has 3 aromatic carbocycles. The van der Waals surface area contributed by atoms with Gasteiger partial charge in [0.05, 0.1) is 16.2 Å². The van der Waals surface area contributed by atoms with Crippen LogP contribution in [-0.4, -0.2) is 9.97 Å². The smallest absolute Gasteiger partial charge is 0.163 e. The number of rotatable bonds is 3. The molecule has 0 radical (unpaired) electrons. The Labute approximate surface area is 159 Å². The Balaban J connectivity index is 1.90. The van der Waals surface area contributed by atoms with E-state index < -0.39 is 0 Å². The van der Waals surface area contributed by atoms with E-state index in [1.807, 2.05) is 24.3 Å². The van der Waals surface area contributed by atoms with Gasteiger partial charge in [0.15, 0.2) is 5.82 Å². The Kier molecular flexibility index (Phi) is 4.45. The summed E-state index contributed by atoms with van der Waals surface area (Å²) in [4.78, 5) is 9.17. The molecule has 0 fully saturated rings. The minimum absolute atomic E-state index is 0.338. The number of halogens is 3. The van der Waals surface area contributed by atoms with Crippen molar-refractivity contribution in [3.8, 4) is 11.4 Å². The van der Waals surface area contributed by atoms with Gasteiger partial charge in [0.1, 0.15) is 11.6 Å². The topological polar surface area (TPSA) is 37.8 Å². The number of anilines is 2. The fourth-order valence-electron chi connectivity index (χ4n) is 2.65. The van der Waals surface area contributed by atoms with E-state index in [-0.39, 0.29) is 5.82 Å². The lowest BCUT2D eigenvalue weighted by molar-refractivity contribution is 0.632. The van der Waals surface area contributed by atoms with Crippen LogP contribution in [-0.2, 0) is 0 Å². The molecule has 1 heterocycles. The summed E-state index contributed by atoms with van der Waals surface area (Å²) in [6.45, 7) is 0. The molecule has 0 atom stereocenters. The zero-order valence-corrected chi connectivity index (χ0v) is 14.9. The Bertz CT molecular complexity index is 1120. The molecule has 0 aliphatic heterocycles. The van der Waals surface area contributed by atoms with E-state index >= 15 is 0 Å². The van der Waals surface area contributed by atoms with Gasteiger partial charge in [-0.1, -0.05) is 47.5 Å². The van der Waals surface area contributed by atoms with Crippen molar-refractivity contribution >= 4 is 45.6 Å². The van der Waals surface area contributed by atoms with Gasteiger partial charge in [-0.3, -0.25) is 0 Å². The molecule has 0 saturated heterocycles. The van der Waals surface area contributed by atoms with Crippen LogP contribution in [0.15, 0.2) is 66.7 Å². The van der Waals surface area contributed by atoms with E-state index in [4.69, 9.17) is 23.2 Å². The Morgan fingerprint density at radius 2 is 1.62 bits per heavy atom. The van der Waals surface area contributed by atoms with Crippen molar-refractivity contribution in [3.05, 3.63) is 82.6 Å². The van der Waals surface area contributed by atoms with Gasteiger partial charge < -0.3 is 5.32 Å². The first-order valence-electron chi connectivity index (χ1n) is 7.85. The van der Waals surface area contributed by atoms with Crippen molar-refractivity contribution in [2.75, 3.05) is 5.32 Å². The quantitative estimate of drug-likeness (QED) is 0.439. The number of nitrogens with one attached hydrogen (secondary N) is 1. The number of fused-ring (bicyclic) bond motifs is 1. The number of aromatic nitrogens is 2. The second-order valence-corrected chi connectivity index (χ2v) is 6.49. The van der Waals surface area contributed by atoms with Crippen molar-refractivity contribution in [3.63, 3.8) is 0 Å². The number of hydrogen-bond donors (Lipinski definition) is 1. The largest absolute Gasteiger partial charge is 0.337 e. The van der Waals surface area contributed by atoms with Crippen LogP contribution in [0.3, 0.4) is 0 Å². The van der Waals surface area contributed by atoms with E-state index in [0.29, 0.717) is 32.9 Å². The van der Waals surface area contributed by atoms with Gasteiger partial charge in [-0.15, -0.1) is 0 Å². The maximum absolute atomic E-state index is 14.1. The van der Waals surface area contributed by atoms with Gasteiger partial charge in [0, 0.05) is 16.0 Å². The number of para-hydroxylation sites is 2. The van der Waals surface area contributed by atoms with Crippen molar-refractivity contribution in [2.24, 2.45) is 0 Å². The first-order valence-corrected chi connectivity index (χ1v) is 8.61. The Morgan fingerprint density at radius 1 is 0.846 bits per heavy atom. The third kappa shape index (κ3) is 3.21. The highest BCUT2D eigenvalue weighted by molar-refractivity contribution is 6.36. The summed E-state index contributed by atoms with van der Waals surface area (Å²) in [5.41, 5.74) is 1.71. The van der Waals surface area contributed by atoms with Crippen LogP contribution in [0.25, 0.3) is 22.3 Å². The fourth-order valence-corrected chi connectivity index (χ4v) is 3.15. The minimum Gasteiger partial charge on any atom is -0.337 e. The van der Waals surface area contributed by atoms with E-state index in [9.17, 15) is 4.39 Å². The number of nitrogens with zero attached hydrogens (tertiary/aromatic N) is 2. The van der Waals surface area contributed by atoms with Crippen molar-refractivity contribution in [2.45, 2.75) is 0 Å². The minimum atomic E-state index is -0.360. The van der Waals surface area contributed by atoms with Crippen LogP contribution in [0.4, 0.5) is 15.9 Å². The fraction of sp³-hybridized carbons (Fsp3) is 0.